The molecule has 4 amide bonds. The van der Waals surface area contributed by atoms with Crippen LogP contribution in [0.25, 0.3) is 0 Å². The van der Waals surface area contributed by atoms with Crippen LogP contribution in [-0.4, -0.2) is 83.8 Å². The third kappa shape index (κ3) is 2.82. The van der Waals surface area contributed by atoms with E-state index in [4.69, 9.17) is 11.6 Å². The van der Waals surface area contributed by atoms with Crippen LogP contribution in [0.2, 0.25) is 5.02 Å². The summed E-state index contributed by atoms with van der Waals surface area (Å²) in [6.45, 7) is -0.0795. The highest BCUT2D eigenvalue weighted by Crippen LogP contribution is 2.49. The number of hydrogen-bond acceptors (Lipinski definition) is 7. The predicted molar refractivity (Wildman–Crippen MR) is 99.1 cm³/mol. The van der Waals surface area contributed by atoms with E-state index in [0.29, 0.717) is 0 Å². The van der Waals surface area contributed by atoms with Gasteiger partial charge in [0.15, 0.2) is 11.5 Å². The van der Waals surface area contributed by atoms with Gasteiger partial charge in [0, 0.05) is 6.54 Å². The Hall–Kier alpha value is -2.86. The van der Waals surface area contributed by atoms with Gasteiger partial charge in [-0.05, 0) is 12.1 Å². The van der Waals surface area contributed by atoms with Crippen molar-refractivity contribution in [3.05, 3.63) is 22.7 Å². The lowest BCUT2D eigenvalue weighted by molar-refractivity contribution is -0.147. The lowest BCUT2D eigenvalue weighted by atomic mass is 10.1. The molecule has 2 atom stereocenters. The highest BCUT2D eigenvalue weighted by atomic mass is 35.5. The van der Waals surface area contributed by atoms with Crippen LogP contribution >= 0.6 is 23.4 Å². The number of aliphatic carboxylic acids is 1. The maximum atomic E-state index is 12.8. The van der Waals surface area contributed by atoms with Crippen LogP contribution in [0.4, 0.5) is 4.79 Å². The number of carboxylic acid groups (broad SMARTS) is 1. The first kappa shape index (κ1) is 19.5. The number of amides is 4. The summed E-state index contributed by atoms with van der Waals surface area (Å²) in [5.41, 5.74) is 2.16. The first-order chi connectivity index (χ1) is 13.7. The molecular weight excluding hydrogens is 428 g/mol. The van der Waals surface area contributed by atoms with Crippen molar-refractivity contribution in [2.75, 3.05) is 19.6 Å². The summed E-state index contributed by atoms with van der Waals surface area (Å²) in [6.07, 6.45) is 0.227. The van der Waals surface area contributed by atoms with Gasteiger partial charge in [0.1, 0.15) is 0 Å². The van der Waals surface area contributed by atoms with E-state index in [1.54, 1.807) is 0 Å². The van der Waals surface area contributed by atoms with E-state index in [9.17, 15) is 34.5 Å². The Balaban J connectivity index is 1.52. The summed E-state index contributed by atoms with van der Waals surface area (Å²) in [4.78, 5) is 49.9. The number of fused-ring (bicyclic) bond motifs is 1. The van der Waals surface area contributed by atoms with Crippen LogP contribution in [0.15, 0.2) is 12.1 Å². The number of benzene rings is 1. The summed E-state index contributed by atoms with van der Waals surface area (Å²) in [5, 5.41) is 29.2. The Kier molecular flexibility index (Phi) is 4.42. The minimum atomic E-state index is -1.62. The number of hydrazine groups is 1. The fraction of sp³-hybridized carbons (Fsp3) is 0.375. The van der Waals surface area contributed by atoms with Gasteiger partial charge < -0.3 is 20.2 Å². The van der Waals surface area contributed by atoms with Crippen molar-refractivity contribution in [3.63, 3.8) is 0 Å². The van der Waals surface area contributed by atoms with E-state index in [-0.39, 0.29) is 47.9 Å². The Morgan fingerprint density at radius 1 is 1.24 bits per heavy atom. The maximum absolute atomic E-state index is 12.8. The number of halogens is 1. The van der Waals surface area contributed by atoms with Crippen LogP contribution in [0.5, 0.6) is 11.5 Å². The van der Waals surface area contributed by atoms with Gasteiger partial charge in [0.05, 0.1) is 35.5 Å². The lowest BCUT2D eigenvalue weighted by Gasteiger charge is -2.33. The molecule has 2 unspecified atom stereocenters. The monoisotopic (exact) mass is 442 g/mol. The van der Waals surface area contributed by atoms with E-state index in [1.165, 1.54) is 11.0 Å². The fourth-order valence-corrected chi connectivity index (χ4v) is 5.34. The summed E-state index contributed by atoms with van der Waals surface area (Å²) < 4.78 is 0. The van der Waals surface area contributed by atoms with Gasteiger partial charge >= 0.3 is 12.0 Å². The molecule has 3 aliphatic rings. The first-order valence-electron chi connectivity index (χ1n) is 8.47. The molecule has 0 spiro atoms. The van der Waals surface area contributed by atoms with Gasteiger partial charge in [0.2, 0.25) is 10.8 Å². The molecule has 3 aliphatic heterocycles. The second kappa shape index (κ2) is 6.59. The van der Waals surface area contributed by atoms with E-state index >= 15 is 0 Å². The minimum Gasteiger partial charge on any atom is -0.504 e. The zero-order valence-electron chi connectivity index (χ0n) is 14.7. The Bertz CT molecular complexity index is 959. The van der Waals surface area contributed by atoms with Gasteiger partial charge in [-0.15, -0.1) is 0 Å². The molecule has 1 aromatic carbocycles. The normalized spacial score (nSPS) is 25.8. The quantitative estimate of drug-likeness (QED) is 0.382. The molecule has 3 heterocycles. The first-order valence-corrected chi connectivity index (χ1v) is 9.72. The van der Waals surface area contributed by atoms with Crippen LogP contribution < -0.4 is 5.43 Å². The molecule has 3 saturated heterocycles. The average molecular weight is 443 g/mol. The molecule has 0 bridgehead atoms. The van der Waals surface area contributed by atoms with E-state index < -0.39 is 34.3 Å². The molecule has 29 heavy (non-hydrogen) atoms. The van der Waals surface area contributed by atoms with Crippen molar-refractivity contribution in [1.29, 1.82) is 0 Å². The molecule has 3 fully saturated rings. The van der Waals surface area contributed by atoms with Crippen LogP contribution in [0.1, 0.15) is 16.8 Å². The highest BCUT2D eigenvalue weighted by Gasteiger charge is 2.62. The molecule has 0 aromatic heterocycles. The lowest BCUT2D eigenvalue weighted by Crippen LogP contribution is -2.58. The number of phenolic OH excluding ortho intramolecular Hbond substituents is 2. The van der Waals surface area contributed by atoms with E-state index in [2.05, 4.69) is 5.43 Å². The summed E-state index contributed by atoms with van der Waals surface area (Å²) >= 11 is 6.89. The van der Waals surface area contributed by atoms with Crippen molar-refractivity contribution in [2.24, 2.45) is 0 Å². The van der Waals surface area contributed by atoms with Crippen molar-refractivity contribution in [3.8, 4) is 11.5 Å². The van der Waals surface area contributed by atoms with Crippen LogP contribution in [-0.2, 0) is 9.59 Å². The Morgan fingerprint density at radius 2 is 1.97 bits per heavy atom. The number of nitrogens with zero attached hydrogens (tertiary/aromatic N) is 3. The number of carbonyl (C=O) groups excluding carboxylic acids is 3. The molecule has 11 nitrogen and oxygen atoms in total. The Morgan fingerprint density at radius 3 is 2.59 bits per heavy atom. The van der Waals surface area contributed by atoms with Crippen molar-refractivity contribution in [1.82, 2.24) is 20.2 Å². The van der Waals surface area contributed by atoms with Gasteiger partial charge in [0.25, 0.3) is 5.91 Å². The maximum Gasteiger partial charge on any atom is 0.342 e. The topological polar surface area (TPSA) is 151 Å². The third-order valence-electron chi connectivity index (χ3n) is 5.09. The molecule has 4 rings (SSSR count). The number of phenols is 2. The fourth-order valence-electron chi connectivity index (χ4n) is 3.48. The van der Waals surface area contributed by atoms with Crippen LogP contribution in [0.3, 0.4) is 0 Å². The number of carbonyl (C=O) groups is 4. The molecular formula is C16H15ClN4O7S. The molecule has 154 valence electrons. The van der Waals surface area contributed by atoms with Crippen molar-refractivity contribution in [2.45, 2.75) is 16.7 Å². The molecule has 13 heteroatoms. The van der Waals surface area contributed by atoms with Gasteiger partial charge in [-0.1, -0.05) is 23.4 Å². The zero-order valence-corrected chi connectivity index (χ0v) is 16.2. The van der Waals surface area contributed by atoms with Crippen LogP contribution in [0, 0.1) is 0 Å². The number of β-lactam (4-membered cyclic amide) rings is 1. The molecule has 0 aliphatic carbocycles. The number of rotatable bonds is 4. The molecule has 0 radical (unpaired) electrons. The van der Waals surface area contributed by atoms with Crippen molar-refractivity contribution < 1.29 is 34.5 Å². The van der Waals surface area contributed by atoms with E-state index in [0.717, 1.165) is 27.7 Å². The van der Waals surface area contributed by atoms with Crippen molar-refractivity contribution >= 4 is 47.2 Å². The van der Waals surface area contributed by atoms with E-state index in [1.807, 2.05) is 0 Å². The zero-order chi connectivity index (χ0) is 21.1. The number of urea groups is 1. The minimum absolute atomic E-state index is 0.0143. The molecule has 1 aromatic rings. The third-order valence-corrected chi connectivity index (χ3v) is 7.08. The van der Waals surface area contributed by atoms with Gasteiger partial charge in [-0.25, -0.2) is 14.6 Å². The number of thioether (sulfide) groups is 1. The second-order valence-electron chi connectivity index (χ2n) is 6.71. The smallest absolute Gasteiger partial charge is 0.342 e. The molecule has 0 saturated carbocycles. The summed E-state index contributed by atoms with van der Waals surface area (Å²) in [5.74, 6) is -3.39. The number of aromatic hydroxyl groups is 2. The highest BCUT2D eigenvalue weighted by molar-refractivity contribution is 8.02. The second-order valence-corrected chi connectivity index (χ2v) is 8.54. The SMILES string of the molecule is O=C(NN1CCN(C2(C(=O)O)CN3C(=O)CC3S2)C1=O)c1ccc(O)c(O)c1Cl. The largest absolute Gasteiger partial charge is 0.504 e. The van der Waals surface area contributed by atoms with Gasteiger partial charge in [-0.3, -0.25) is 19.9 Å². The summed E-state index contributed by atoms with van der Waals surface area (Å²) in [6, 6.07) is 1.51. The molecule has 4 N–H and O–H groups in total. The summed E-state index contributed by atoms with van der Waals surface area (Å²) in [7, 11) is 0. The standard InChI is InChI=1S/C16H15ClN4O7S/c17-11-7(1-2-8(22)12(11)24)13(25)18-21-4-3-20(15(21)28)16(14(26)27)6-19-9(23)5-10(19)29-16/h1-2,10,22,24H,3-6H2,(H,18,25)(H,26,27). The number of carboxylic acids is 1. The van der Waals surface area contributed by atoms with Gasteiger partial charge in [-0.2, -0.15) is 0 Å². The number of nitrogens with one attached hydrogen (secondary N) is 1. The Labute approximate surface area is 172 Å². The number of hydrogen-bond donors (Lipinski definition) is 4. The average Bonchev–Trinajstić information content (AvgIpc) is 3.18. The predicted octanol–water partition coefficient (Wildman–Crippen LogP) is 0.220.